The largest absolute Gasteiger partial charge is 0.480 e. The molecule has 0 fully saturated rings. The summed E-state index contributed by atoms with van der Waals surface area (Å²) in [6.07, 6.45) is 0. The Morgan fingerprint density at radius 3 is 2.44 bits per heavy atom. The van der Waals surface area contributed by atoms with E-state index in [-0.39, 0.29) is 6.54 Å². The lowest BCUT2D eigenvalue weighted by Gasteiger charge is -2.21. The second kappa shape index (κ2) is 6.80. The molecule has 0 atom stereocenters. The molecule has 96 valence electrons. The lowest BCUT2D eigenvalue weighted by atomic mass is 10.3. The Morgan fingerprint density at radius 2 is 1.94 bits per heavy atom. The molecule has 1 aromatic rings. The van der Waals surface area contributed by atoms with E-state index in [1.54, 1.807) is 30.3 Å². The first-order valence-corrected chi connectivity index (χ1v) is 5.95. The zero-order valence-electron chi connectivity index (χ0n) is 9.60. The predicted octanol–water partition coefficient (Wildman–Crippen LogP) is 2.20. The summed E-state index contributed by atoms with van der Waals surface area (Å²) in [5.74, 6) is -1.08. The number of benzene rings is 1. The van der Waals surface area contributed by atoms with Crippen molar-refractivity contribution in [3.8, 4) is 0 Å². The number of rotatable bonds is 5. The molecule has 0 spiro atoms. The van der Waals surface area contributed by atoms with Crippen LogP contribution < -0.4 is 10.2 Å². The normalized spacial score (nSPS) is 9.61. The summed E-state index contributed by atoms with van der Waals surface area (Å²) >= 11 is 3.12. The summed E-state index contributed by atoms with van der Waals surface area (Å²) in [5, 5.41) is 11.4. The lowest BCUT2D eigenvalue weighted by Crippen LogP contribution is -2.43. The monoisotopic (exact) mass is 312 g/mol. The van der Waals surface area contributed by atoms with Crippen LogP contribution in [0.3, 0.4) is 0 Å². The number of amides is 2. The highest BCUT2D eigenvalue weighted by Crippen LogP contribution is 2.13. The van der Waals surface area contributed by atoms with Crippen molar-refractivity contribution in [2.75, 3.05) is 18.0 Å². The van der Waals surface area contributed by atoms with Crippen molar-refractivity contribution in [2.24, 2.45) is 0 Å². The van der Waals surface area contributed by atoms with Crippen molar-refractivity contribution in [3.05, 3.63) is 41.4 Å². The van der Waals surface area contributed by atoms with Crippen molar-refractivity contribution >= 4 is 33.6 Å². The Balaban J connectivity index is 2.81. The lowest BCUT2D eigenvalue weighted by molar-refractivity contribution is -0.135. The van der Waals surface area contributed by atoms with Gasteiger partial charge in [0.1, 0.15) is 6.54 Å². The van der Waals surface area contributed by atoms with Gasteiger partial charge in [-0.2, -0.15) is 0 Å². The van der Waals surface area contributed by atoms with Crippen LogP contribution in [0.4, 0.5) is 10.5 Å². The summed E-state index contributed by atoms with van der Waals surface area (Å²) in [7, 11) is 0. The highest BCUT2D eigenvalue weighted by atomic mass is 79.9. The minimum atomic E-state index is -1.08. The van der Waals surface area contributed by atoms with Gasteiger partial charge in [-0.25, -0.2) is 4.79 Å². The second-order valence-electron chi connectivity index (χ2n) is 3.49. The van der Waals surface area contributed by atoms with E-state index in [9.17, 15) is 9.59 Å². The van der Waals surface area contributed by atoms with E-state index in [1.807, 2.05) is 0 Å². The molecule has 0 aliphatic heterocycles. The molecule has 0 aliphatic rings. The Hall–Kier alpha value is -1.82. The van der Waals surface area contributed by atoms with Gasteiger partial charge >= 0.3 is 12.0 Å². The maximum atomic E-state index is 11.9. The highest BCUT2D eigenvalue weighted by Gasteiger charge is 2.18. The number of nitrogens with zero attached hydrogens (tertiary/aromatic N) is 1. The van der Waals surface area contributed by atoms with Gasteiger partial charge in [-0.1, -0.05) is 40.7 Å². The van der Waals surface area contributed by atoms with Crippen LogP contribution in [0, 0.1) is 0 Å². The number of para-hydroxylation sites is 1. The van der Waals surface area contributed by atoms with Crippen molar-refractivity contribution in [1.29, 1.82) is 0 Å². The number of nitrogens with one attached hydrogen (secondary N) is 1. The number of aliphatic carboxylic acids is 1. The molecule has 1 rings (SSSR count). The van der Waals surface area contributed by atoms with Gasteiger partial charge in [-0.3, -0.25) is 9.69 Å². The van der Waals surface area contributed by atoms with Crippen LogP contribution in [-0.4, -0.2) is 30.2 Å². The number of carboxylic acid groups (broad SMARTS) is 1. The highest BCUT2D eigenvalue weighted by molar-refractivity contribution is 9.11. The third-order valence-corrected chi connectivity index (χ3v) is 2.32. The molecule has 0 bridgehead atoms. The molecule has 2 N–H and O–H groups in total. The summed E-state index contributed by atoms with van der Waals surface area (Å²) in [6.45, 7) is 3.43. The van der Waals surface area contributed by atoms with Crippen LogP contribution in [0.2, 0.25) is 0 Å². The van der Waals surface area contributed by atoms with Crippen LogP contribution in [-0.2, 0) is 4.79 Å². The molecule has 0 aromatic heterocycles. The van der Waals surface area contributed by atoms with E-state index < -0.39 is 18.5 Å². The number of carboxylic acids is 1. The third-order valence-electron chi connectivity index (χ3n) is 2.04. The van der Waals surface area contributed by atoms with Gasteiger partial charge in [0, 0.05) is 10.2 Å². The molecule has 1 aromatic carbocycles. The third kappa shape index (κ3) is 4.58. The van der Waals surface area contributed by atoms with E-state index in [4.69, 9.17) is 5.11 Å². The Morgan fingerprint density at radius 1 is 1.33 bits per heavy atom. The van der Waals surface area contributed by atoms with Crippen molar-refractivity contribution < 1.29 is 14.7 Å². The van der Waals surface area contributed by atoms with Crippen molar-refractivity contribution in [2.45, 2.75) is 0 Å². The fraction of sp³-hybridized carbons (Fsp3) is 0.167. The second-order valence-corrected chi connectivity index (χ2v) is 4.61. The molecule has 0 aliphatic carbocycles. The van der Waals surface area contributed by atoms with E-state index in [1.165, 1.54) is 0 Å². The summed E-state index contributed by atoms with van der Waals surface area (Å²) in [5.41, 5.74) is 0.526. The average molecular weight is 313 g/mol. The maximum Gasteiger partial charge on any atom is 0.323 e. The molecule has 0 radical (unpaired) electrons. The molecule has 18 heavy (non-hydrogen) atoms. The van der Waals surface area contributed by atoms with Crippen molar-refractivity contribution in [1.82, 2.24) is 5.32 Å². The Labute approximate surface area is 113 Å². The Bertz CT molecular complexity index is 448. The molecule has 6 heteroatoms. The molecule has 0 saturated heterocycles. The minimum absolute atomic E-state index is 0.238. The number of hydrogen-bond acceptors (Lipinski definition) is 2. The quantitative estimate of drug-likeness (QED) is 0.875. The maximum absolute atomic E-state index is 11.9. The number of carbonyl (C=O) groups is 2. The minimum Gasteiger partial charge on any atom is -0.480 e. The van der Waals surface area contributed by atoms with Gasteiger partial charge < -0.3 is 10.4 Å². The number of halogens is 1. The first kappa shape index (κ1) is 14.2. The van der Waals surface area contributed by atoms with Gasteiger partial charge in [0.05, 0.1) is 6.54 Å². The van der Waals surface area contributed by atoms with Crippen LogP contribution >= 0.6 is 15.9 Å². The number of carbonyl (C=O) groups excluding carboxylic acids is 1. The Kier molecular flexibility index (Phi) is 5.38. The average Bonchev–Trinajstić information content (AvgIpc) is 2.34. The summed E-state index contributed by atoms with van der Waals surface area (Å²) in [4.78, 5) is 23.8. The smallest absolute Gasteiger partial charge is 0.323 e. The van der Waals surface area contributed by atoms with Crippen LogP contribution in [0.1, 0.15) is 0 Å². The zero-order chi connectivity index (χ0) is 13.5. The van der Waals surface area contributed by atoms with Gasteiger partial charge in [-0.15, -0.1) is 0 Å². The van der Waals surface area contributed by atoms with E-state index in [0.29, 0.717) is 10.2 Å². The molecule has 5 nitrogen and oxygen atoms in total. The zero-order valence-corrected chi connectivity index (χ0v) is 11.2. The molecular weight excluding hydrogens is 300 g/mol. The van der Waals surface area contributed by atoms with Gasteiger partial charge in [0.15, 0.2) is 0 Å². The van der Waals surface area contributed by atoms with Gasteiger partial charge in [0.25, 0.3) is 0 Å². The number of hydrogen-bond donors (Lipinski definition) is 2. The summed E-state index contributed by atoms with van der Waals surface area (Å²) in [6, 6.07) is 8.13. The van der Waals surface area contributed by atoms with Gasteiger partial charge in [-0.05, 0) is 12.1 Å². The van der Waals surface area contributed by atoms with Crippen LogP contribution in [0.5, 0.6) is 0 Å². The molecule has 0 saturated carbocycles. The fourth-order valence-corrected chi connectivity index (χ4v) is 1.43. The summed E-state index contributed by atoms with van der Waals surface area (Å²) < 4.78 is 0.610. The molecular formula is C12H13BrN2O3. The van der Waals surface area contributed by atoms with E-state index >= 15 is 0 Å². The first-order chi connectivity index (χ1) is 8.50. The SMILES string of the molecule is C=C(Br)CNC(=O)N(CC(=O)O)c1ccccc1. The standard InChI is InChI=1S/C12H13BrN2O3/c1-9(13)7-14-12(18)15(8-11(16)17)10-5-3-2-4-6-10/h2-6H,1,7-8H2,(H,14,18)(H,16,17). The van der Waals surface area contributed by atoms with E-state index in [2.05, 4.69) is 27.8 Å². The molecule has 0 heterocycles. The first-order valence-electron chi connectivity index (χ1n) is 5.16. The number of anilines is 1. The molecule has 0 unspecified atom stereocenters. The topological polar surface area (TPSA) is 69.6 Å². The van der Waals surface area contributed by atoms with Crippen LogP contribution in [0.25, 0.3) is 0 Å². The predicted molar refractivity (Wildman–Crippen MR) is 72.9 cm³/mol. The van der Waals surface area contributed by atoms with Gasteiger partial charge in [0.2, 0.25) is 0 Å². The fourth-order valence-electron chi connectivity index (χ4n) is 1.29. The van der Waals surface area contributed by atoms with E-state index in [0.717, 1.165) is 4.90 Å². The number of urea groups is 1. The van der Waals surface area contributed by atoms with Crippen LogP contribution in [0.15, 0.2) is 41.4 Å². The van der Waals surface area contributed by atoms with Crippen molar-refractivity contribution in [3.63, 3.8) is 0 Å². The molecule has 2 amide bonds.